The van der Waals surface area contributed by atoms with Crippen molar-refractivity contribution < 1.29 is 0 Å². The number of pyridine rings is 1. The monoisotopic (exact) mass is 285 g/mol. The van der Waals surface area contributed by atoms with Crippen LogP contribution in [0.5, 0.6) is 0 Å². The molecular weight excluding hydrogens is 262 g/mol. The Labute approximate surface area is 126 Å². The molecule has 3 heterocycles. The van der Waals surface area contributed by atoms with Gasteiger partial charge in [0.2, 0.25) is 0 Å². The predicted octanol–water partition coefficient (Wildman–Crippen LogP) is 2.67. The molecule has 5 nitrogen and oxygen atoms in total. The van der Waals surface area contributed by atoms with Gasteiger partial charge in [-0.3, -0.25) is 9.88 Å². The third-order valence-corrected chi connectivity index (χ3v) is 3.98. The molecule has 1 fully saturated rings. The lowest BCUT2D eigenvalue weighted by atomic mass is 10.1. The van der Waals surface area contributed by atoms with Crippen LogP contribution >= 0.6 is 0 Å². The van der Waals surface area contributed by atoms with Gasteiger partial charge in [0.05, 0.1) is 6.04 Å². The lowest BCUT2D eigenvalue weighted by molar-refractivity contribution is 0.232. The van der Waals surface area contributed by atoms with Gasteiger partial charge in [0, 0.05) is 25.5 Å². The van der Waals surface area contributed by atoms with Gasteiger partial charge < -0.3 is 4.57 Å². The van der Waals surface area contributed by atoms with E-state index in [2.05, 4.69) is 44.6 Å². The topological polar surface area (TPSA) is 46.8 Å². The number of hydrogen-bond acceptors (Lipinski definition) is 4. The minimum absolute atomic E-state index is 0.381. The second kappa shape index (κ2) is 6.35. The summed E-state index contributed by atoms with van der Waals surface area (Å²) < 4.78 is 2.22. The maximum absolute atomic E-state index is 4.40. The van der Waals surface area contributed by atoms with Crippen molar-refractivity contribution in [2.24, 2.45) is 5.92 Å². The first-order chi connectivity index (χ1) is 10.2. The Morgan fingerprint density at radius 3 is 3.05 bits per heavy atom. The van der Waals surface area contributed by atoms with Crippen molar-refractivity contribution in [3.8, 4) is 0 Å². The van der Waals surface area contributed by atoms with Crippen LogP contribution in [0, 0.1) is 5.92 Å². The van der Waals surface area contributed by atoms with Crippen LogP contribution in [-0.4, -0.2) is 31.2 Å². The van der Waals surface area contributed by atoms with Crippen LogP contribution in [0.4, 0.5) is 0 Å². The molecule has 21 heavy (non-hydrogen) atoms. The van der Waals surface area contributed by atoms with Gasteiger partial charge in [0.15, 0.2) is 0 Å². The minimum atomic E-state index is 0.381. The summed E-state index contributed by atoms with van der Waals surface area (Å²) in [6.07, 6.45) is 8.03. The third kappa shape index (κ3) is 3.29. The molecular formula is C16H23N5. The minimum Gasteiger partial charge on any atom is -0.316 e. The van der Waals surface area contributed by atoms with Crippen LogP contribution < -0.4 is 0 Å². The fraction of sp³-hybridized carbons (Fsp3) is 0.562. The Morgan fingerprint density at radius 1 is 1.38 bits per heavy atom. The Balaban J connectivity index is 1.76. The summed E-state index contributed by atoms with van der Waals surface area (Å²) in [5.41, 5.74) is 1.26. The van der Waals surface area contributed by atoms with Crippen molar-refractivity contribution >= 4 is 0 Å². The summed E-state index contributed by atoms with van der Waals surface area (Å²) in [4.78, 5) is 6.71. The number of hydrogen-bond donors (Lipinski definition) is 0. The fourth-order valence-corrected chi connectivity index (χ4v) is 3.09. The van der Waals surface area contributed by atoms with E-state index >= 15 is 0 Å². The normalized spacial score (nSPS) is 19.5. The molecule has 1 saturated heterocycles. The van der Waals surface area contributed by atoms with Crippen LogP contribution in [-0.2, 0) is 13.1 Å². The molecule has 0 N–H and O–H groups in total. The largest absolute Gasteiger partial charge is 0.316 e. The van der Waals surface area contributed by atoms with Crippen molar-refractivity contribution in [1.29, 1.82) is 0 Å². The van der Waals surface area contributed by atoms with E-state index in [-0.39, 0.29) is 0 Å². The van der Waals surface area contributed by atoms with E-state index in [1.165, 1.54) is 12.0 Å². The molecule has 0 bridgehead atoms. The van der Waals surface area contributed by atoms with E-state index in [1.54, 1.807) is 0 Å². The summed E-state index contributed by atoms with van der Waals surface area (Å²) >= 11 is 0. The van der Waals surface area contributed by atoms with E-state index in [1.807, 2.05) is 24.8 Å². The molecule has 0 spiro atoms. The highest BCUT2D eigenvalue weighted by Gasteiger charge is 2.29. The van der Waals surface area contributed by atoms with Crippen molar-refractivity contribution in [3.05, 3.63) is 42.2 Å². The molecule has 1 unspecified atom stereocenters. The van der Waals surface area contributed by atoms with Crippen molar-refractivity contribution in [2.45, 2.75) is 45.8 Å². The number of likely N-dealkylation sites (tertiary alicyclic amines) is 1. The molecule has 1 atom stereocenters. The summed E-state index contributed by atoms with van der Waals surface area (Å²) in [5, 5.41) is 8.53. The first-order valence-corrected chi connectivity index (χ1v) is 7.74. The van der Waals surface area contributed by atoms with E-state index in [0.29, 0.717) is 12.0 Å². The third-order valence-electron chi connectivity index (χ3n) is 3.98. The first-order valence-electron chi connectivity index (χ1n) is 7.74. The average molecular weight is 285 g/mol. The van der Waals surface area contributed by atoms with Crippen molar-refractivity contribution in [3.63, 3.8) is 0 Å². The van der Waals surface area contributed by atoms with Crippen LogP contribution in [0.25, 0.3) is 0 Å². The van der Waals surface area contributed by atoms with Gasteiger partial charge in [0.25, 0.3) is 0 Å². The van der Waals surface area contributed by atoms with Crippen LogP contribution in [0.1, 0.15) is 44.1 Å². The summed E-state index contributed by atoms with van der Waals surface area (Å²) in [7, 11) is 0. The Morgan fingerprint density at radius 2 is 2.29 bits per heavy atom. The lowest BCUT2D eigenvalue weighted by Crippen LogP contribution is -2.25. The van der Waals surface area contributed by atoms with Gasteiger partial charge in [-0.05, 0) is 36.9 Å². The van der Waals surface area contributed by atoms with Gasteiger partial charge in [-0.2, -0.15) is 0 Å². The van der Waals surface area contributed by atoms with Crippen LogP contribution in [0.2, 0.25) is 0 Å². The van der Waals surface area contributed by atoms with E-state index in [4.69, 9.17) is 0 Å². The molecule has 1 aliphatic heterocycles. The first kappa shape index (κ1) is 14.2. The van der Waals surface area contributed by atoms with E-state index in [9.17, 15) is 0 Å². The highest BCUT2D eigenvalue weighted by atomic mass is 15.3. The smallest absolute Gasteiger partial charge is 0.150 e. The van der Waals surface area contributed by atoms with Gasteiger partial charge >= 0.3 is 0 Å². The molecule has 1 aliphatic rings. The average Bonchev–Trinajstić information content (AvgIpc) is 3.08. The Kier molecular flexibility index (Phi) is 4.29. The highest BCUT2D eigenvalue weighted by molar-refractivity contribution is 5.10. The Hall–Kier alpha value is -1.75. The SMILES string of the molecule is CC(C)Cn1cnnc1C1CCCN1Cc1cccnc1. The van der Waals surface area contributed by atoms with Crippen LogP contribution in [0.3, 0.4) is 0 Å². The standard InChI is InChI=1S/C16H23N5/c1-13(2)10-21-12-18-19-16(21)15-6-4-8-20(15)11-14-5-3-7-17-9-14/h3,5,7,9,12-13,15H,4,6,8,10-11H2,1-2H3. The predicted molar refractivity (Wildman–Crippen MR) is 81.5 cm³/mol. The molecule has 2 aromatic rings. The molecule has 0 amide bonds. The van der Waals surface area contributed by atoms with Crippen LogP contribution in [0.15, 0.2) is 30.9 Å². The zero-order chi connectivity index (χ0) is 14.7. The van der Waals surface area contributed by atoms with Gasteiger partial charge in [-0.1, -0.05) is 19.9 Å². The molecule has 112 valence electrons. The second-order valence-electron chi connectivity index (χ2n) is 6.23. The highest BCUT2D eigenvalue weighted by Crippen LogP contribution is 2.32. The molecule has 0 aromatic carbocycles. The summed E-state index contributed by atoms with van der Waals surface area (Å²) in [6, 6.07) is 4.52. The van der Waals surface area contributed by atoms with E-state index < -0.39 is 0 Å². The lowest BCUT2D eigenvalue weighted by Gasteiger charge is -2.24. The molecule has 0 aliphatic carbocycles. The zero-order valence-electron chi connectivity index (χ0n) is 12.8. The zero-order valence-corrected chi connectivity index (χ0v) is 12.8. The molecule has 5 heteroatoms. The summed E-state index contributed by atoms with van der Waals surface area (Å²) in [6.45, 7) is 7.50. The quantitative estimate of drug-likeness (QED) is 0.847. The second-order valence-corrected chi connectivity index (χ2v) is 6.23. The molecule has 0 radical (unpaired) electrons. The van der Waals surface area contributed by atoms with Gasteiger partial charge in [-0.25, -0.2) is 0 Å². The fourth-order valence-electron chi connectivity index (χ4n) is 3.09. The van der Waals surface area contributed by atoms with Gasteiger partial charge in [0.1, 0.15) is 12.2 Å². The van der Waals surface area contributed by atoms with E-state index in [0.717, 1.165) is 31.9 Å². The molecule has 0 saturated carbocycles. The van der Waals surface area contributed by atoms with Crippen molar-refractivity contribution in [2.75, 3.05) is 6.54 Å². The maximum Gasteiger partial charge on any atom is 0.150 e. The molecule has 2 aromatic heterocycles. The number of nitrogens with zero attached hydrogens (tertiary/aromatic N) is 5. The van der Waals surface area contributed by atoms with Gasteiger partial charge in [-0.15, -0.1) is 10.2 Å². The maximum atomic E-state index is 4.40. The molecule has 3 rings (SSSR count). The van der Waals surface area contributed by atoms with Crippen molar-refractivity contribution in [1.82, 2.24) is 24.6 Å². The summed E-state index contributed by atoms with van der Waals surface area (Å²) in [5.74, 6) is 1.72. The number of aromatic nitrogens is 4. The Bertz CT molecular complexity index is 563. The number of rotatable bonds is 5.